The van der Waals surface area contributed by atoms with E-state index in [1.165, 1.54) is 11.1 Å². The van der Waals surface area contributed by atoms with Crippen LogP contribution in [-0.2, 0) is 4.74 Å². The number of benzene rings is 2. The third-order valence-corrected chi connectivity index (χ3v) is 6.97. The van der Waals surface area contributed by atoms with E-state index in [0.29, 0.717) is 17.6 Å². The zero-order valence-corrected chi connectivity index (χ0v) is 19.1. The summed E-state index contributed by atoms with van der Waals surface area (Å²) in [6.07, 6.45) is 3.30. The van der Waals surface area contributed by atoms with Crippen molar-refractivity contribution in [3.63, 3.8) is 0 Å². The van der Waals surface area contributed by atoms with Gasteiger partial charge in [0.2, 0.25) is 0 Å². The number of aryl methyl sites for hydroxylation is 2. The summed E-state index contributed by atoms with van der Waals surface area (Å²) in [5, 5.41) is 0.725. The molecular weight excluding hydrogens is 422 g/mol. The average molecular weight is 448 g/mol. The largest absolute Gasteiger partial charge is 0.379 e. The van der Waals surface area contributed by atoms with Crippen LogP contribution in [0.4, 0.5) is 5.13 Å². The van der Waals surface area contributed by atoms with Crippen molar-refractivity contribution in [1.82, 2.24) is 19.9 Å². The van der Waals surface area contributed by atoms with E-state index in [9.17, 15) is 4.79 Å². The molecule has 1 aliphatic rings. The average Bonchev–Trinajstić information content (AvgIpc) is 3.22. The van der Waals surface area contributed by atoms with Gasteiger partial charge in [-0.25, -0.2) is 4.98 Å². The molecule has 7 nitrogen and oxygen atoms in total. The van der Waals surface area contributed by atoms with E-state index < -0.39 is 0 Å². The second kappa shape index (κ2) is 8.90. The van der Waals surface area contributed by atoms with Gasteiger partial charge in [-0.3, -0.25) is 24.6 Å². The lowest BCUT2D eigenvalue weighted by Crippen LogP contribution is -2.43. The number of nitrogens with zero attached hydrogens (tertiary/aromatic N) is 5. The summed E-state index contributed by atoms with van der Waals surface area (Å²) in [6.45, 7) is 8.76. The van der Waals surface area contributed by atoms with Gasteiger partial charge in [0.15, 0.2) is 5.13 Å². The van der Waals surface area contributed by atoms with Crippen molar-refractivity contribution in [1.29, 1.82) is 0 Å². The van der Waals surface area contributed by atoms with Gasteiger partial charge in [-0.1, -0.05) is 11.3 Å². The summed E-state index contributed by atoms with van der Waals surface area (Å²) in [5.74, 6) is -0.0710. The number of carbonyl (C=O) groups is 1. The van der Waals surface area contributed by atoms with Crippen LogP contribution in [0.25, 0.3) is 21.3 Å². The van der Waals surface area contributed by atoms with Crippen LogP contribution in [0, 0.1) is 13.8 Å². The van der Waals surface area contributed by atoms with E-state index in [4.69, 9.17) is 9.72 Å². The van der Waals surface area contributed by atoms with Crippen molar-refractivity contribution >= 4 is 43.6 Å². The van der Waals surface area contributed by atoms with E-state index >= 15 is 0 Å². The zero-order chi connectivity index (χ0) is 22.1. The lowest BCUT2D eigenvalue weighted by Gasteiger charge is -2.29. The number of morpholine rings is 1. The van der Waals surface area contributed by atoms with E-state index in [1.807, 2.05) is 23.1 Å². The summed E-state index contributed by atoms with van der Waals surface area (Å²) in [6, 6.07) is 9.74. The Hall–Kier alpha value is -2.94. The van der Waals surface area contributed by atoms with Crippen LogP contribution in [-0.4, -0.2) is 65.2 Å². The Balaban J connectivity index is 1.49. The number of fused-ring (bicyclic) bond motifs is 2. The van der Waals surface area contributed by atoms with Crippen molar-refractivity contribution in [2.24, 2.45) is 0 Å². The Labute approximate surface area is 190 Å². The molecule has 0 spiro atoms. The third-order valence-electron chi connectivity index (χ3n) is 5.93. The second-order valence-electron chi connectivity index (χ2n) is 8.07. The molecule has 5 rings (SSSR count). The van der Waals surface area contributed by atoms with Gasteiger partial charge < -0.3 is 4.74 Å². The molecule has 1 aliphatic heterocycles. The normalized spacial score (nSPS) is 14.8. The molecule has 4 aromatic rings. The van der Waals surface area contributed by atoms with E-state index in [1.54, 1.807) is 23.7 Å². The van der Waals surface area contributed by atoms with E-state index in [0.717, 1.165) is 53.7 Å². The highest BCUT2D eigenvalue weighted by Gasteiger charge is 2.23. The number of thiazole rings is 1. The smallest absolute Gasteiger partial charge is 0.260 e. The van der Waals surface area contributed by atoms with Crippen LogP contribution >= 0.6 is 11.3 Å². The first-order valence-electron chi connectivity index (χ1n) is 10.8. The van der Waals surface area contributed by atoms with Crippen LogP contribution in [0.5, 0.6) is 0 Å². The quantitative estimate of drug-likeness (QED) is 0.463. The molecule has 0 atom stereocenters. The molecule has 2 aromatic carbocycles. The summed E-state index contributed by atoms with van der Waals surface area (Å²) >= 11 is 1.56. The SMILES string of the molecule is Cc1cc2nc(N(CCN3CCOCC3)C(=O)c3ccc4nccnc4c3)sc2cc1C. The van der Waals surface area contributed by atoms with Crippen molar-refractivity contribution in [2.75, 3.05) is 44.3 Å². The lowest BCUT2D eigenvalue weighted by atomic mass is 10.1. The molecule has 8 heteroatoms. The van der Waals surface area contributed by atoms with Gasteiger partial charge in [-0.2, -0.15) is 0 Å². The number of rotatable bonds is 5. The van der Waals surface area contributed by atoms with E-state index in [-0.39, 0.29) is 5.91 Å². The maximum Gasteiger partial charge on any atom is 0.260 e. The van der Waals surface area contributed by atoms with Crippen molar-refractivity contribution in [3.8, 4) is 0 Å². The molecule has 0 N–H and O–H groups in total. The van der Waals surface area contributed by atoms with Crippen molar-refractivity contribution in [3.05, 3.63) is 59.4 Å². The number of hydrogen-bond donors (Lipinski definition) is 0. The number of hydrogen-bond acceptors (Lipinski definition) is 7. The number of carbonyl (C=O) groups excluding carboxylic acids is 1. The van der Waals surface area contributed by atoms with Gasteiger partial charge >= 0.3 is 0 Å². The molecule has 2 aromatic heterocycles. The summed E-state index contributed by atoms with van der Waals surface area (Å²) in [5.41, 5.74) is 5.44. The Morgan fingerprint density at radius 3 is 2.59 bits per heavy atom. The van der Waals surface area contributed by atoms with Crippen molar-refractivity contribution in [2.45, 2.75) is 13.8 Å². The van der Waals surface area contributed by atoms with E-state index in [2.05, 4.69) is 40.8 Å². The summed E-state index contributed by atoms with van der Waals surface area (Å²) in [4.78, 5) is 31.3. The third kappa shape index (κ3) is 4.21. The predicted molar refractivity (Wildman–Crippen MR) is 128 cm³/mol. The first kappa shape index (κ1) is 20.9. The molecule has 1 saturated heterocycles. The molecule has 0 bridgehead atoms. The Morgan fingerprint density at radius 2 is 1.78 bits per heavy atom. The molecule has 1 amide bonds. The fourth-order valence-electron chi connectivity index (χ4n) is 3.89. The maximum absolute atomic E-state index is 13.7. The highest BCUT2D eigenvalue weighted by atomic mass is 32.1. The highest BCUT2D eigenvalue weighted by molar-refractivity contribution is 7.22. The molecule has 32 heavy (non-hydrogen) atoms. The molecular formula is C24H25N5O2S. The second-order valence-corrected chi connectivity index (χ2v) is 9.08. The number of amides is 1. The number of anilines is 1. The van der Waals surface area contributed by atoms with Crippen LogP contribution in [0.1, 0.15) is 21.5 Å². The van der Waals surface area contributed by atoms with Gasteiger partial charge in [-0.15, -0.1) is 0 Å². The molecule has 164 valence electrons. The maximum atomic E-state index is 13.7. The molecule has 0 aliphatic carbocycles. The Kier molecular flexibility index (Phi) is 5.82. The van der Waals surface area contributed by atoms with Gasteiger partial charge in [0, 0.05) is 44.1 Å². The van der Waals surface area contributed by atoms with Gasteiger partial charge in [-0.05, 0) is 55.3 Å². The molecule has 3 heterocycles. The fourth-order valence-corrected chi connectivity index (χ4v) is 4.96. The Morgan fingerprint density at radius 1 is 1.03 bits per heavy atom. The fraction of sp³-hybridized carbons (Fsp3) is 0.333. The number of ether oxygens (including phenoxy) is 1. The minimum absolute atomic E-state index is 0.0710. The Bertz CT molecular complexity index is 1240. The summed E-state index contributed by atoms with van der Waals surface area (Å²) in [7, 11) is 0. The summed E-state index contributed by atoms with van der Waals surface area (Å²) < 4.78 is 6.56. The van der Waals surface area contributed by atoms with Crippen LogP contribution in [0.2, 0.25) is 0 Å². The standard InChI is InChI=1S/C24H25N5O2S/c1-16-13-21-22(14-17(16)2)32-24(27-21)29(8-7-28-9-11-31-12-10-28)23(30)18-3-4-19-20(15-18)26-6-5-25-19/h3-6,13-15H,7-12H2,1-2H3. The minimum Gasteiger partial charge on any atom is -0.379 e. The zero-order valence-electron chi connectivity index (χ0n) is 18.2. The topological polar surface area (TPSA) is 71.5 Å². The molecule has 0 saturated carbocycles. The first-order chi connectivity index (χ1) is 15.6. The lowest BCUT2D eigenvalue weighted by molar-refractivity contribution is 0.0391. The minimum atomic E-state index is -0.0710. The number of aromatic nitrogens is 3. The first-order valence-corrected chi connectivity index (χ1v) is 11.6. The molecule has 0 unspecified atom stereocenters. The van der Waals surface area contributed by atoms with Crippen molar-refractivity contribution < 1.29 is 9.53 Å². The van der Waals surface area contributed by atoms with Gasteiger partial charge in [0.05, 0.1) is 34.5 Å². The molecule has 0 radical (unpaired) electrons. The van der Waals surface area contributed by atoms with Crippen LogP contribution < -0.4 is 4.90 Å². The van der Waals surface area contributed by atoms with Gasteiger partial charge in [0.1, 0.15) is 0 Å². The predicted octanol–water partition coefficient (Wildman–Crippen LogP) is 3.84. The monoisotopic (exact) mass is 447 g/mol. The van der Waals surface area contributed by atoms with Crippen LogP contribution in [0.15, 0.2) is 42.7 Å². The molecule has 1 fully saturated rings. The van der Waals surface area contributed by atoms with Crippen LogP contribution in [0.3, 0.4) is 0 Å². The highest BCUT2D eigenvalue weighted by Crippen LogP contribution is 2.31. The van der Waals surface area contributed by atoms with Gasteiger partial charge in [0.25, 0.3) is 5.91 Å².